The summed E-state index contributed by atoms with van der Waals surface area (Å²) >= 11 is 0. The summed E-state index contributed by atoms with van der Waals surface area (Å²) in [6.07, 6.45) is 1.30. The van der Waals surface area contributed by atoms with Crippen LogP contribution in [0.3, 0.4) is 0 Å². The fraction of sp³-hybridized carbons (Fsp3) is 1.00. The van der Waals surface area contributed by atoms with E-state index in [0.29, 0.717) is 0 Å². The average Bonchev–Trinajstić information content (AvgIpc) is 1.87. The summed E-state index contributed by atoms with van der Waals surface area (Å²) in [4.78, 5) is 0. The quantitative estimate of drug-likeness (QED) is 0.539. The fourth-order valence-corrected chi connectivity index (χ4v) is 1.80. The Bertz CT molecular complexity index is 99.0. The van der Waals surface area contributed by atoms with Gasteiger partial charge in [-0.1, -0.05) is 20.8 Å². The number of hydrogen-bond acceptors (Lipinski definition) is 0. The Morgan fingerprint density at radius 3 is 2.00 bits per heavy atom. The van der Waals surface area contributed by atoms with Crippen molar-refractivity contribution in [2.45, 2.75) is 34.1 Å². The van der Waals surface area contributed by atoms with Crippen molar-refractivity contribution in [1.29, 1.82) is 0 Å². The highest BCUT2D eigenvalue weighted by Crippen LogP contribution is 2.08. The molecule has 0 aromatic heterocycles. The van der Waals surface area contributed by atoms with Crippen molar-refractivity contribution < 1.29 is 4.48 Å². The van der Waals surface area contributed by atoms with E-state index in [-0.39, 0.29) is 0 Å². The van der Waals surface area contributed by atoms with Crippen molar-refractivity contribution in [1.82, 2.24) is 0 Å². The average molecular weight is 158 g/mol. The zero-order valence-electron chi connectivity index (χ0n) is 8.85. The van der Waals surface area contributed by atoms with Crippen molar-refractivity contribution in [2.75, 3.05) is 26.7 Å². The van der Waals surface area contributed by atoms with Crippen LogP contribution in [0, 0.1) is 5.92 Å². The maximum Gasteiger partial charge on any atom is 0.0807 e. The van der Waals surface area contributed by atoms with E-state index in [9.17, 15) is 0 Å². The molecule has 0 amide bonds. The number of rotatable bonds is 5. The molecule has 0 spiro atoms. The summed E-state index contributed by atoms with van der Waals surface area (Å²) < 4.78 is 1.24. The highest BCUT2D eigenvalue weighted by Gasteiger charge is 2.18. The lowest BCUT2D eigenvalue weighted by Crippen LogP contribution is -2.46. The van der Waals surface area contributed by atoms with E-state index in [0.717, 1.165) is 5.92 Å². The van der Waals surface area contributed by atoms with Crippen LogP contribution < -0.4 is 0 Å². The molecule has 0 aliphatic heterocycles. The predicted octanol–water partition coefficient (Wildman–Crippen LogP) is 2.52. The van der Waals surface area contributed by atoms with Crippen molar-refractivity contribution >= 4 is 0 Å². The maximum atomic E-state index is 2.36. The molecule has 0 aromatic carbocycles. The van der Waals surface area contributed by atoms with E-state index in [1.807, 2.05) is 0 Å². The largest absolute Gasteiger partial charge is 0.326 e. The van der Waals surface area contributed by atoms with Gasteiger partial charge in [-0.25, -0.2) is 0 Å². The molecule has 1 unspecified atom stereocenters. The minimum atomic E-state index is 0.825. The smallest absolute Gasteiger partial charge is 0.0807 e. The lowest BCUT2D eigenvalue weighted by molar-refractivity contribution is -0.910. The van der Waals surface area contributed by atoms with Crippen LogP contribution >= 0.6 is 0 Å². The first-order chi connectivity index (χ1) is 5.04. The Balaban J connectivity index is 3.87. The molecule has 0 aliphatic rings. The third kappa shape index (κ3) is 4.41. The minimum Gasteiger partial charge on any atom is -0.326 e. The second-order valence-corrected chi connectivity index (χ2v) is 4.24. The molecule has 0 saturated heterocycles. The van der Waals surface area contributed by atoms with Crippen molar-refractivity contribution in [2.24, 2.45) is 5.92 Å². The van der Waals surface area contributed by atoms with Crippen molar-refractivity contribution in [3.63, 3.8) is 0 Å². The molecule has 0 aromatic rings. The molecular weight excluding hydrogens is 134 g/mol. The zero-order chi connectivity index (χ0) is 8.91. The summed E-state index contributed by atoms with van der Waals surface area (Å²) in [6, 6.07) is 0. The van der Waals surface area contributed by atoms with Gasteiger partial charge in [0.15, 0.2) is 0 Å². The Hall–Kier alpha value is -0.0400. The van der Waals surface area contributed by atoms with Gasteiger partial charge < -0.3 is 4.48 Å². The standard InChI is InChI=1S/C10H24N/c1-6-8-11(5,7-2)9-10(3)4/h10H,6-9H2,1-5H3/q+1. The molecule has 0 heterocycles. The van der Waals surface area contributed by atoms with Crippen molar-refractivity contribution in [3.8, 4) is 0 Å². The van der Waals surface area contributed by atoms with Crippen LogP contribution in [0.2, 0.25) is 0 Å². The van der Waals surface area contributed by atoms with Crippen LogP contribution in [0.15, 0.2) is 0 Å². The van der Waals surface area contributed by atoms with Crippen LogP contribution in [0.5, 0.6) is 0 Å². The molecule has 1 atom stereocenters. The highest BCUT2D eigenvalue weighted by atomic mass is 15.3. The van der Waals surface area contributed by atoms with E-state index in [2.05, 4.69) is 34.7 Å². The fourth-order valence-electron chi connectivity index (χ4n) is 1.80. The van der Waals surface area contributed by atoms with E-state index in [1.165, 1.54) is 30.5 Å². The van der Waals surface area contributed by atoms with Gasteiger partial charge in [0, 0.05) is 5.92 Å². The molecule has 68 valence electrons. The second-order valence-electron chi connectivity index (χ2n) is 4.24. The van der Waals surface area contributed by atoms with Gasteiger partial charge in [-0.15, -0.1) is 0 Å². The van der Waals surface area contributed by atoms with Crippen LogP contribution in [0.25, 0.3) is 0 Å². The molecular formula is C10H24N+. The molecule has 0 N–H and O–H groups in total. The van der Waals surface area contributed by atoms with Gasteiger partial charge in [-0.3, -0.25) is 0 Å². The summed E-state index contributed by atoms with van der Waals surface area (Å²) in [6.45, 7) is 13.1. The Kier molecular flexibility index (Phi) is 4.74. The van der Waals surface area contributed by atoms with E-state index < -0.39 is 0 Å². The van der Waals surface area contributed by atoms with Crippen LogP contribution in [-0.2, 0) is 0 Å². The first-order valence-electron chi connectivity index (χ1n) is 4.87. The third-order valence-corrected chi connectivity index (χ3v) is 2.33. The Morgan fingerprint density at radius 2 is 1.73 bits per heavy atom. The summed E-state index contributed by atoms with van der Waals surface area (Å²) in [5.41, 5.74) is 0. The summed E-state index contributed by atoms with van der Waals surface area (Å²) in [7, 11) is 2.36. The number of quaternary nitrogens is 1. The van der Waals surface area contributed by atoms with Crippen LogP contribution in [0.4, 0.5) is 0 Å². The van der Waals surface area contributed by atoms with Gasteiger partial charge in [0.25, 0.3) is 0 Å². The van der Waals surface area contributed by atoms with Gasteiger partial charge in [0.2, 0.25) is 0 Å². The molecule has 1 heteroatoms. The molecule has 0 aliphatic carbocycles. The van der Waals surface area contributed by atoms with Gasteiger partial charge >= 0.3 is 0 Å². The summed E-state index contributed by atoms with van der Waals surface area (Å²) in [5, 5.41) is 0. The molecule has 0 fully saturated rings. The minimum absolute atomic E-state index is 0.825. The molecule has 0 bridgehead atoms. The van der Waals surface area contributed by atoms with Crippen LogP contribution in [-0.4, -0.2) is 31.2 Å². The molecule has 0 radical (unpaired) electrons. The monoisotopic (exact) mass is 158 g/mol. The SMILES string of the molecule is CCC[N+](C)(CC)CC(C)C. The van der Waals surface area contributed by atoms with E-state index in [1.54, 1.807) is 0 Å². The van der Waals surface area contributed by atoms with Gasteiger partial charge in [-0.05, 0) is 13.3 Å². The highest BCUT2D eigenvalue weighted by molar-refractivity contribution is 4.43. The van der Waals surface area contributed by atoms with Gasteiger partial charge in [0.05, 0.1) is 26.7 Å². The topological polar surface area (TPSA) is 0 Å². The summed E-state index contributed by atoms with van der Waals surface area (Å²) in [5.74, 6) is 0.825. The second kappa shape index (κ2) is 4.76. The van der Waals surface area contributed by atoms with Crippen molar-refractivity contribution in [3.05, 3.63) is 0 Å². The van der Waals surface area contributed by atoms with Gasteiger partial charge in [-0.2, -0.15) is 0 Å². The van der Waals surface area contributed by atoms with Crippen LogP contribution in [0.1, 0.15) is 34.1 Å². The first kappa shape index (κ1) is 11.0. The maximum absolute atomic E-state index is 2.36. The van der Waals surface area contributed by atoms with E-state index in [4.69, 9.17) is 0 Å². The normalized spacial score (nSPS) is 16.9. The number of nitrogens with zero attached hydrogens (tertiary/aromatic N) is 1. The Morgan fingerprint density at radius 1 is 1.18 bits per heavy atom. The Labute approximate surface area is 72.0 Å². The van der Waals surface area contributed by atoms with E-state index >= 15 is 0 Å². The lowest BCUT2D eigenvalue weighted by Gasteiger charge is -2.34. The molecule has 1 nitrogen and oxygen atoms in total. The van der Waals surface area contributed by atoms with Gasteiger partial charge in [0.1, 0.15) is 0 Å². The molecule has 0 saturated carbocycles. The zero-order valence-corrected chi connectivity index (χ0v) is 8.85. The number of hydrogen-bond donors (Lipinski definition) is 0. The third-order valence-electron chi connectivity index (χ3n) is 2.33. The molecule has 0 rings (SSSR count). The first-order valence-corrected chi connectivity index (χ1v) is 4.87. The lowest BCUT2D eigenvalue weighted by atomic mass is 10.1. The molecule has 11 heavy (non-hydrogen) atoms. The predicted molar refractivity (Wildman–Crippen MR) is 51.6 cm³/mol.